The number of anilines is 1. The van der Waals surface area contributed by atoms with Gasteiger partial charge in [0, 0.05) is 13.7 Å². The van der Waals surface area contributed by atoms with Gasteiger partial charge in [0.2, 0.25) is 0 Å². The summed E-state index contributed by atoms with van der Waals surface area (Å²) in [4.78, 5) is 11.9. The molecule has 5 nitrogen and oxygen atoms in total. The quantitative estimate of drug-likeness (QED) is 0.863. The number of aryl methyl sites for hydroxylation is 1. The van der Waals surface area contributed by atoms with Gasteiger partial charge in [0.1, 0.15) is 5.02 Å². The normalized spacial score (nSPS) is 11.6. The van der Waals surface area contributed by atoms with E-state index in [1.54, 1.807) is 13.3 Å². The standard InChI is InChI=1S/C12H20ClN3O2/c1-5-6-16-11(17)10(13)9(7-14-16)15-12(2,3)8-18-4/h7,15H,5-6,8H2,1-4H3. The molecule has 6 heteroatoms. The summed E-state index contributed by atoms with van der Waals surface area (Å²) in [5, 5.41) is 7.42. The number of hydrogen-bond acceptors (Lipinski definition) is 4. The highest BCUT2D eigenvalue weighted by molar-refractivity contribution is 6.32. The molecular formula is C12H20ClN3O2. The van der Waals surface area contributed by atoms with Gasteiger partial charge in [0.15, 0.2) is 0 Å². The minimum Gasteiger partial charge on any atom is -0.382 e. The summed E-state index contributed by atoms with van der Waals surface area (Å²) in [6.07, 6.45) is 2.42. The Bertz CT molecular complexity index is 457. The highest BCUT2D eigenvalue weighted by Crippen LogP contribution is 2.20. The van der Waals surface area contributed by atoms with E-state index in [0.717, 1.165) is 6.42 Å². The maximum absolute atomic E-state index is 11.9. The first-order chi connectivity index (χ1) is 8.41. The lowest BCUT2D eigenvalue weighted by molar-refractivity contribution is 0.158. The molecule has 1 aromatic rings. The topological polar surface area (TPSA) is 56.1 Å². The van der Waals surface area contributed by atoms with Crippen LogP contribution >= 0.6 is 11.6 Å². The molecule has 0 atom stereocenters. The Hall–Kier alpha value is -1.07. The summed E-state index contributed by atoms with van der Waals surface area (Å²) in [5.41, 5.74) is -0.0449. The average Bonchev–Trinajstić information content (AvgIpc) is 2.29. The van der Waals surface area contributed by atoms with Gasteiger partial charge in [-0.1, -0.05) is 18.5 Å². The molecule has 18 heavy (non-hydrogen) atoms. The number of halogens is 1. The van der Waals surface area contributed by atoms with Crippen molar-refractivity contribution in [1.29, 1.82) is 0 Å². The predicted molar refractivity (Wildman–Crippen MR) is 73.4 cm³/mol. The minimum absolute atomic E-state index is 0.169. The van der Waals surface area contributed by atoms with Crippen LogP contribution in [-0.2, 0) is 11.3 Å². The van der Waals surface area contributed by atoms with E-state index in [9.17, 15) is 4.79 Å². The Morgan fingerprint density at radius 1 is 1.56 bits per heavy atom. The van der Waals surface area contributed by atoms with Crippen molar-refractivity contribution in [1.82, 2.24) is 9.78 Å². The summed E-state index contributed by atoms with van der Waals surface area (Å²) in [6, 6.07) is 0. The molecule has 0 saturated heterocycles. The molecule has 0 amide bonds. The van der Waals surface area contributed by atoms with E-state index in [2.05, 4.69) is 10.4 Å². The van der Waals surface area contributed by atoms with Crippen LogP contribution < -0.4 is 10.9 Å². The summed E-state index contributed by atoms with van der Waals surface area (Å²) in [7, 11) is 1.63. The zero-order chi connectivity index (χ0) is 13.8. The van der Waals surface area contributed by atoms with Gasteiger partial charge in [-0.3, -0.25) is 4.79 Å². The Labute approximate surface area is 112 Å². The third kappa shape index (κ3) is 3.71. The molecule has 0 fully saturated rings. The molecule has 1 heterocycles. The van der Waals surface area contributed by atoms with Crippen molar-refractivity contribution in [2.45, 2.75) is 39.3 Å². The minimum atomic E-state index is -0.316. The van der Waals surface area contributed by atoms with Gasteiger partial charge in [-0.2, -0.15) is 5.10 Å². The maximum atomic E-state index is 11.9. The molecule has 0 aliphatic heterocycles. The van der Waals surface area contributed by atoms with Crippen LogP contribution in [0.3, 0.4) is 0 Å². The van der Waals surface area contributed by atoms with Gasteiger partial charge in [0.25, 0.3) is 5.56 Å². The van der Waals surface area contributed by atoms with Gasteiger partial charge >= 0.3 is 0 Å². The molecule has 0 radical (unpaired) electrons. The van der Waals surface area contributed by atoms with Gasteiger partial charge in [-0.15, -0.1) is 0 Å². The predicted octanol–water partition coefficient (Wildman–Crippen LogP) is 2.14. The van der Waals surface area contributed by atoms with Crippen molar-refractivity contribution in [3.63, 3.8) is 0 Å². The third-order valence-electron chi connectivity index (χ3n) is 2.40. The Morgan fingerprint density at radius 3 is 2.78 bits per heavy atom. The lowest BCUT2D eigenvalue weighted by atomic mass is 10.1. The highest BCUT2D eigenvalue weighted by atomic mass is 35.5. The first-order valence-electron chi connectivity index (χ1n) is 5.94. The Balaban J connectivity index is 2.99. The maximum Gasteiger partial charge on any atom is 0.287 e. The third-order valence-corrected chi connectivity index (χ3v) is 2.76. The Kier molecular flexibility index (Phi) is 5.16. The molecule has 0 aliphatic carbocycles. The zero-order valence-electron chi connectivity index (χ0n) is 11.3. The fraction of sp³-hybridized carbons (Fsp3) is 0.667. The van der Waals surface area contributed by atoms with Gasteiger partial charge in [-0.05, 0) is 20.3 Å². The molecular weight excluding hydrogens is 254 g/mol. The first-order valence-corrected chi connectivity index (χ1v) is 6.32. The van der Waals surface area contributed by atoms with Crippen LogP contribution in [0.2, 0.25) is 5.02 Å². The van der Waals surface area contributed by atoms with Crippen molar-refractivity contribution in [3.8, 4) is 0 Å². The summed E-state index contributed by atoms with van der Waals surface area (Å²) < 4.78 is 6.47. The van der Waals surface area contributed by atoms with E-state index in [1.165, 1.54) is 4.68 Å². The summed E-state index contributed by atoms with van der Waals surface area (Å²) in [5.74, 6) is 0. The molecule has 1 rings (SSSR count). The molecule has 102 valence electrons. The van der Waals surface area contributed by atoms with Crippen molar-refractivity contribution < 1.29 is 4.74 Å². The second-order valence-corrected chi connectivity index (χ2v) is 5.22. The zero-order valence-corrected chi connectivity index (χ0v) is 12.0. The molecule has 0 unspecified atom stereocenters. The smallest absolute Gasteiger partial charge is 0.287 e. The van der Waals surface area contributed by atoms with Gasteiger partial charge in [-0.25, -0.2) is 4.68 Å². The van der Waals surface area contributed by atoms with E-state index in [1.807, 2.05) is 20.8 Å². The molecule has 0 saturated carbocycles. The van der Waals surface area contributed by atoms with Crippen molar-refractivity contribution in [2.24, 2.45) is 0 Å². The number of nitrogens with one attached hydrogen (secondary N) is 1. The monoisotopic (exact) mass is 273 g/mol. The molecule has 0 spiro atoms. The molecule has 1 aromatic heterocycles. The van der Waals surface area contributed by atoms with Crippen LogP contribution in [0.5, 0.6) is 0 Å². The number of rotatable bonds is 6. The summed E-state index contributed by atoms with van der Waals surface area (Å²) >= 11 is 6.06. The SMILES string of the molecule is CCCn1ncc(NC(C)(C)COC)c(Cl)c1=O. The fourth-order valence-corrected chi connectivity index (χ4v) is 1.88. The van der Waals surface area contributed by atoms with Gasteiger partial charge in [0.05, 0.1) is 24.0 Å². The molecule has 1 N–H and O–H groups in total. The van der Waals surface area contributed by atoms with E-state index >= 15 is 0 Å². The number of methoxy groups -OCH3 is 1. The van der Waals surface area contributed by atoms with Crippen molar-refractivity contribution >= 4 is 17.3 Å². The van der Waals surface area contributed by atoms with Crippen LogP contribution in [0.25, 0.3) is 0 Å². The second-order valence-electron chi connectivity index (χ2n) is 4.84. The van der Waals surface area contributed by atoms with E-state index in [0.29, 0.717) is 18.8 Å². The van der Waals surface area contributed by atoms with E-state index < -0.39 is 0 Å². The lowest BCUT2D eigenvalue weighted by Gasteiger charge is -2.26. The summed E-state index contributed by atoms with van der Waals surface area (Å²) in [6.45, 7) is 6.98. The van der Waals surface area contributed by atoms with Crippen LogP contribution in [0.15, 0.2) is 11.0 Å². The van der Waals surface area contributed by atoms with Crippen LogP contribution in [0, 0.1) is 0 Å². The first kappa shape index (κ1) is 15.0. The number of nitrogens with zero attached hydrogens (tertiary/aromatic N) is 2. The van der Waals surface area contributed by atoms with E-state index in [4.69, 9.17) is 16.3 Å². The second kappa shape index (κ2) is 6.20. The lowest BCUT2D eigenvalue weighted by Crippen LogP contribution is -2.37. The van der Waals surface area contributed by atoms with Crippen LogP contribution in [-0.4, -0.2) is 29.0 Å². The van der Waals surface area contributed by atoms with Gasteiger partial charge < -0.3 is 10.1 Å². The molecule has 0 aliphatic rings. The number of ether oxygens (including phenoxy) is 1. The number of hydrogen-bond donors (Lipinski definition) is 1. The highest BCUT2D eigenvalue weighted by Gasteiger charge is 2.20. The largest absolute Gasteiger partial charge is 0.382 e. The average molecular weight is 274 g/mol. The molecule has 0 aromatic carbocycles. The van der Waals surface area contributed by atoms with Crippen molar-refractivity contribution in [2.75, 3.05) is 19.0 Å². The van der Waals surface area contributed by atoms with Crippen LogP contribution in [0.1, 0.15) is 27.2 Å². The fourth-order valence-electron chi connectivity index (χ4n) is 1.68. The van der Waals surface area contributed by atoms with E-state index in [-0.39, 0.29) is 16.1 Å². The molecule has 0 bridgehead atoms. The number of aromatic nitrogens is 2. The van der Waals surface area contributed by atoms with Crippen LogP contribution in [0.4, 0.5) is 5.69 Å². The Morgan fingerprint density at radius 2 is 2.22 bits per heavy atom. The van der Waals surface area contributed by atoms with Crippen molar-refractivity contribution in [3.05, 3.63) is 21.6 Å².